The highest BCUT2D eigenvalue weighted by Crippen LogP contribution is 2.27. The van der Waals surface area contributed by atoms with Gasteiger partial charge in [-0.25, -0.2) is 8.78 Å². The van der Waals surface area contributed by atoms with Crippen LogP contribution in [0.2, 0.25) is 0 Å². The molecule has 0 aliphatic carbocycles. The summed E-state index contributed by atoms with van der Waals surface area (Å²) < 4.78 is 40.5. The molecule has 1 aliphatic rings. The summed E-state index contributed by atoms with van der Waals surface area (Å²) in [6.07, 6.45) is 0. The van der Waals surface area contributed by atoms with Gasteiger partial charge in [0.25, 0.3) is 5.91 Å². The van der Waals surface area contributed by atoms with Crippen LogP contribution in [0.25, 0.3) is 11.1 Å². The van der Waals surface area contributed by atoms with Gasteiger partial charge in [0, 0.05) is 55.6 Å². The van der Waals surface area contributed by atoms with Gasteiger partial charge in [0.1, 0.15) is 28.8 Å². The lowest BCUT2D eigenvalue weighted by molar-refractivity contribution is 0.0736. The van der Waals surface area contributed by atoms with Crippen molar-refractivity contribution in [2.24, 2.45) is 0 Å². The predicted octanol–water partition coefficient (Wildman–Crippen LogP) is 4.84. The summed E-state index contributed by atoms with van der Waals surface area (Å²) in [6.45, 7) is 4.42. The quantitative estimate of drug-likeness (QED) is 0.423. The maximum Gasteiger partial charge on any atom is 0.270 e. The average molecular weight is 466 g/mol. The number of furan rings is 1. The van der Waals surface area contributed by atoms with Crippen molar-refractivity contribution < 1.29 is 22.7 Å². The number of carbonyl (C=O) groups excluding carboxylic acids is 1. The molecule has 4 aromatic rings. The number of piperazine rings is 1. The summed E-state index contributed by atoms with van der Waals surface area (Å²) >= 11 is 0. The van der Waals surface area contributed by atoms with Crippen molar-refractivity contribution in [1.82, 2.24) is 9.47 Å². The van der Waals surface area contributed by atoms with Crippen LogP contribution < -0.4 is 9.64 Å². The molecule has 6 nitrogen and oxygen atoms in total. The maximum atomic E-state index is 14.4. The number of fused-ring (bicyclic) bond motifs is 1. The lowest BCUT2D eigenvalue weighted by Gasteiger charge is -2.36. The van der Waals surface area contributed by atoms with Crippen LogP contribution in [0.3, 0.4) is 0 Å². The van der Waals surface area contributed by atoms with Gasteiger partial charge in [-0.2, -0.15) is 0 Å². The van der Waals surface area contributed by atoms with Crippen LogP contribution >= 0.6 is 0 Å². The summed E-state index contributed by atoms with van der Waals surface area (Å²) in [5.74, 6) is 0.0829. The van der Waals surface area contributed by atoms with Crippen molar-refractivity contribution in [3.63, 3.8) is 0 Å². The van der Waals surface area contributed by atoms with E-state index in [1.54, 1.807) is 22.6 Å². The van der Waals surface area contributed by atoms with Crippen molar-refractivity contribution in [2.75, 3.05) is 38.2 Å². The average Bonchev–Trinajstić information content (AvgIpc) is 3.37. The van der Waals surface area contributed by atoms with E-state index in [2.05, 4.69) is 4.90 Å². The molecule has 34 heavy (non-hydrogen) atoms. The Morgan fingerprint density at radius 1 is 1.00 bits per heavy atom. The number of nitrogens with zero attached hydrogens (tertiary/aromatic N) is 3. The van der Waals surface area contributed by atoms with E-state index in [0.717, 1.165) is 17.5 Å². The highest BCUT2D eigenvalue weighted by molar-refractivity contribution is 5.98. The molecule has 0 bridgehead atoms. The normalized spacial score (nSPS) is 14.1. The Kier molecular flexibility index (Phi) is 5.73. The molecule has 0 atom stereocenters. The number of rotatable bonds is 5. The summed E-state index contributed by atoms with van der Waals surface area (Å²) in [7, 11) is 1.64. The molecular weight excluding hydrogens is 440 g/mol. The van der Waals surface area contributed by atoms with Gasteiger partial charge in [-0.05, 0) is 37.3 Å². The van der Waals surface area contributed by atoms with E-state index in [4.69, 9.17) is 9.15 Å². The summed E-state index contributed by atoms with van der Waals surface area (Å²) in [5, 5.41) is 0. The topological polar surface area (TPSA) is 50.9 Å². The fourth-order valence-electron chi connectivity index (χ4n) is 4.46. The van der Waals surface area contributed by atoms with Crippen molar-refractivity contribution in [3.05, 3.63) is 83.2 Å². The number of ether oxygens (including phenoxy) is 1. The Labute approximate surface area is 195 Å². The van der Waals surface area contributed by atoms with Crippen LogP contribution in [0, 0.1) is 18.6 Å². The van der Waals surface area contributed by atoms with E-state index in [1.807, 2.05) is 37.3 Å². The molecule has 8 heteroatoms. The van der Waals surface area contributed by atoms with E-state index in [-0.39, 0.29) is 12.5 Å². The van der Waals surface area contributed by atoms with Crippen molar-refractivity contribution in [2.45, 2.75) is 13.5 Å². The molecule has 1 aliphatic heterocycles. The molecule has 0 spiro atoms. The highest BCUT2D eigenvalue weighted by atomic mass is 19.1. The molecular formula is C26H25F2N3O3. The van der Waals surface area contributed by atoms with E-state index in [1.165, 1.54) is 12.1 Å². The molecule has 0 radical (unpaired) electrons. The number of halogens is 2. The maximum absolute atomic E-state index is 14.4. The molecule has 2 aromatic heterocycles. The summed E-state index contributed by atoms with van der Waals surface area (Å²) in [4.78, 5) is 17.5. The lowest BCUT2D eigenvalue weighted by Crippen LogP contribution is -2.49. The van der Waals surface area contributed by atoms with E-state index in [9.17, 15) is 13.6 Å². The highest BCUT2D eigenvalue weighted by Gasteiger charge is 2.27. The lowest BCUT2D eigenvalue weighted by atomic mass is 10.2. The Hall–Kier alpha value is -3.81. The molecule has 176 valence electrons. The first-order valence-electron chi connectivity index (χ1n) is 11.1. The first-order valence-corrected chi connectivity index (χ1v) is 11.1. The van der Waals surface area contributed by atoms with E-state index < -0.39 is 11.6 Å². The Morgan fingerprint density at radius 2 is 1.74 bits per heavy atom. The smallest absolute Gasteiger partial charge is 0.270 e. The minimum absolute atomic E-state index is 0.0987. The number of anilines is 1. The van der Waals surface area contributed by atoms with Crippen LogP contribution in [-0.4, -0.2) is 48.7 Å². The van der Waals surface area contributed by atoms with E-state index in [0.29, 0.717) is 54.3 Å². The zero-order valence-corrected chi connectivity index (χ0v) is 19.1. The third-order valence-corrected chi connectivity index (χ3v) is 6.28. The Bertz CT molecular complexity index is 1340. The molecule has 0 N–H and O–H groups in total. The number of hydrogen-bond acceptors (Lipinski definition) is 4. The fourth-order valence-corrected chi connectivity index (χ4v) is 4.46. The van der Waals surface area contributed by atoms with Crippen LogP contribution in [0.15, 0.2) is 59.0 Å². The second kappa shape index (κ2) is 8.85. The third-order valence-electron chi connectivity index (χ3n) is 6.28. The molecule has 2 aromatic carbocycles. The van der Waals surface area contributed by atoms with Gasteiger partial charge in [0.05, 0.1) is 19.2 Å². The number of benzene rings is 2. The fraction of sp³-hybridized carbons (Fsp3) is 0.269. The molecule has 0 saturated carbocycles. The zero-order chi connectivity index (χ0) is 23.8. The number of amides is 1. The van der Waals surface area contributed by atoms with Gasteiger partial charge < -0.3 is 23.5 Å². The number of aryl methyl sites for hydroxylation is 1. The Morgan fingerprint density at radius 3 is 2.41 bits per heavy atom. The van der Waals surface area contributed by atoms with Crippen molar-refractivity contribution in [1.29, 1.82) is 0 Å². The Balaban J connectivity index is 1.38. The van der Waals surface area contributed by atoms with Crippen molar-refractivity contribution in [3.8, 4) is 5.75 Å². The van der Waals surface area contributed by atoms with Gasteiger partial charge >= 0.3 is 0 Å². The molecule has 3 heterocycles. The largest absolute Gasteiger partial charge is 0.497 e. The van der Waals surface area contributed by atoms with Crippen LogP contribution in [-0.2, 0) is 6.54 Å². The number of aromatic nitrogens is 1. The number of carbonyl (C=O) groups is 1. The first kappa shape index (κ1) is 22.0. The SMILES string of the molecule is COc1ccc(N2CCN(C(=O)c3cc4oc(C)cc4n3Cc3ccc(F)cc3F)CC2)cc1. The first-order chi connectivity index (χ1) is 16.4. The van der Waals surface area contributed by atoms with Gasteiger partial charge in [-0.1, -0.05) is 6.07 Å². The second-order valence-electron chi connectivity index (χ2n) is 8.44. The number of hydrogen-bond donors (Lipinski definition) is 0. The minimum atomic E-state index is -0.645. The molecule has 1 fully saturated rings. The van der Waals surface area contributed by atoms with Crippen LogP contribution in [0.4, 0.5) is 14.5 Å². The predicted molar refractivity (Wildman–Crippen MR) is 126 cm³/mol. The number of methoxy groups -OCH3 is 1. The minimum Gasteiger partial charge on any atom is -0.497 e. The van der Waals surface area contributed by atoms with Gasteiger partial charge in [-0.15, -0.1) is 0 Å². The second-order valence-corrected chi connectivity index (χ2v) is 8.44. The van der Waals surface area contributed by atoms with Crippen molar-refractivity contribution >= 4 is 22.7 Å². The molecule has 0 unspecified atom stereocenters. The molecule has 5 rings (SSSR count). The van der Waals surface area contributed by atoms with Gasteiger partial charge in [-0.3, -0.25) is 4.79 Å². The van der Waals surface area contributed by atoms with Crippen LogP contribution in [0.1, 0.15) is 21.8 Å². The van der Waals surface area contributed by atoms with Crippen LogP contribution in [0.5, 0.6) is 5.75 Å². The monoisotopic (exact) mass is 465 g/mol. The summed E-state index contributed by atoms with van der Waals surface area (Å²) in [5.41, 5.74) is 3.09. The standard InChI is InChI=1S/C26H25F2N3O3/c1-17-13-23-25(34-17)15-24(31(23)16-18-3-4-19(27)14-22(18)28)26(32)30-11-9-29(10-12-30)20-5-7-21(33-2)8-6-20/h3-8,13-15H,9-12,16H2,1-2H3. The molecule has 1 saturated heterocycles. The third kappa shape index (κ3) is 4.11. The van der Waals surface area contributed by atoms with E-state index >= 15 is 0 Å². The summed E-state index contributed by atoms with van der Waals surface area (Å²) in [6, 6.07) is 14.9. The van der Waals surface area contributed by atoms with Gasteiger partial charge in [0.15, 0.2) is 5.58 Å². The zero-order valence-electron chi connectivity index (χ0n) is 19.1. The molecule has 1 amide bonds. The van der Waals surface area contributed by atoms with Gasteiger partial charge in [0.2, 0.25) is 0 Å².